The second-order valence-corrected chi connectivity index (χ2v) is 11.7. The summed E-state index contributed by atoms with van der Waals surface area (Å²) < 4.78 is 5.85. The van der Waals surface area contributed by atoms with Gasteiger partial charge < -0.3 is 9.84 Å². The summed E-state index contributed by atoms with van der Waals surface area (Å²) in [4.78, 5) is 23.2. The standard InChI is InChI=1S/C37H66O4/c1-3-5-7-9-11-13-14-15-16-17-18-20-22-24-30-34-37(40)41-35(32-28-25-26-29-33-36(38)39)31-27-23-21-19-12-10-8-6-4-2/h11,13,15-16,27,31,35H,3-10,12,14,17-26,28-30,32-34H2,1-2H3,(H,38,39)/b13-11-,16-15-,31-27-. The van der Waals surface area contributed by atoms with Gasteiger partial charge in [-0.25, -0.2) is 0 Å². The molecule has 0 aliphatic rings. The number of carbonyl (C=O) groups is 2. The number of hydrogen-bond acceptors (Lipinski definition) is 3. The monoisotopic (exact) mass is 574 g/mol. The zero-order valence-electron chi connectivity index (χ0n) is 27.1. The molecule has 0 spiro atoms. The van der Waals surface area contributed by atoms with Crippen molar-refractivity contribution in [2.45, 2.75) is 187 Å². The third kappa shape index (κ3) is 32.5. The molecule has 4 heteroatoms. The highest BCUT2D eigenvalue weighted by Crippen LogP contribution is 2.15. The van der Waals surface area contributed by atoms with Crippen LogP contribution in [0.4, 0.5) is 0 Å². The molecule has 0 bridgehead atoms. The van der Waals surface area contributed by atoms with E-state index in [2.05, 4.69) is 50.3 Å². The van der Waals surface area contributed by atoms with Gasteiger partial charge in [-0.3, -0.25) is 9.59 Å². The van der Waals surface area contributed by atoms with Gasteiger partial charge in [0.25, 0.3) is 0 Å². The number of carboxylic acids is 1. The van der Waals surface area contributed by atoms with Crippen LogP contribution >= 0.6 is 0 Å². The largest absolute Gasteiger partial charge is 0.481 e. The lowest BCUT2D eigenvalue weighted by Gasteiger charge is -2.15. The van der Waals surface area contributed by atoms with Crippen LogP contribution in [-0.4, -0.2) is 23.1 Å². The summed E-state index contributed by atoms with van der Waals surface area (Å²) in [5, 5.41) is 8.80. The van der Waals surface area contributed by atoms with Gasteiger partial charge in [0.05, 0.1) is 0 Å². The molecule has 0 heterocycles. The van der Waals surface area contributed by atoms with Crippen molar-refractivity contribution in [2.24, 2.45) is 0 Å². The second kappa shape index (κ2) is 32.7. The maximum Gasteiger partial charge on any atom is 0.306 e. The Morgan fingerprint density at radius 2 is 1.02 bits per heavy atom. The fourth-order valence-electron chi connectivity index (χ4n) is 4.95. The van der Waals surface area contributed by atoms with E-state index in [1.54, 1.807) is 0 Å². The molecule has 1 N–H and O–H groups in total. The van der Waals surface area contributed by atoms with E-state index in [4.69, 9.17) is 9.84 Å². The summed E-state index contributed by atoms with van der Waals surface area (Å²) in [6.07, 6.45) is 41.6. The molecule has 1 atom stereocenters. The van der Waals surface area contributed by atoms with Crippen molar-refractivity contribution >= 4 is 11.9 Å². The van der Waals surface area contributed by atoms with Gasteiger partial charge in [0.1, 0.15) is 6.10 Å². The highest BCUT2D eigenvalue weighted by atomic mass is 16.5. The molecular formula is C37H66O4. The first-order valence-corrected chi connectivity index (χ1v) is 17.5. The minimum atomic E-state index is -0.724. The highest BCUT2D eigenvalue weighted by molar-refractivity contribution is 5.69. The maximum atomic E-state index is 12.5. The SMILES string of the molecule is CCCCC/C=C\C/C=C\CCCCCCCC(=O)OC(/C=C\CCCCCCCCC)CCCCCCC(=O)O. The molecule has 238 valence electrons. The molecule has 0 saturated carbocycles. The van der Waals surface area contributed by atoms with Crippen LogP contribution in [0.3, 0.4) is 0 Å². The summed E-state index contributed by atoms with van der Waals surface area (Å²) in [5.74, 6) is -0.800. The van der Waals surface area contributed by atoms with Gasteiger partial charge in [0.15, 0.2) is 0 Å². The zero-order chi connectivity index (χ0) is 30.1. The third-order valence-corrected chi connectivity index (χ3v) is 7.57. The number of allylic oxidation sites excluding steroid dienone is 5. The van der Waals surface area contributed by atoms with Gasteiger partial charge in [-0.15, -0.1) is 0 Å². The fourth-order valence-corrected chi connectivity index (χ4v) is 4.95. The van der Waals surface area contributed by atoms with E-state index in [1.807, 2.05) is 0 Å². The predicted molar refractivity (Wildman–Crippen MR) is 176 cm³/mol. The fraction of sp³-hybridized carbons (Fsp3) is 0.784. The Labute approximate surface area is 254 Å². The first kappa shape index (κ1) is 39.2. The van der Waals surface area contributed by atoms with E-state index in [0.29, 0.717) is 6.42 Å². The van der Waals surface area contributed by atoms with Crippen molar-refractivity contribution in [3.63, 3.8) is 0 Å². The van der Waals surface area contributed by atoms with Crippen LogP contribution in [0.15, 0.2) is 36.5 Å². The molecule has 0 rings (SSSR count). The van der Waals surface area contributed by atoms with Crippen molar-refractivity contribution in [1.82, 2.24) is 0 Å². The number of esters is 1. The minimum Gasteiger partial charge on any atom is -0.481 e. The zero-order valence-corrected chi connectivity index (χ0v) is 27.1. The number of rotatable bonds is 31. The Bertz CT molecular complexity index is 664. The lowest BCUT2D eigenvalue weighted by Crippen LogP contribution is -2.16. The van der Waals surface area contributed by atoms with Crippen molar-refractivity contribution in [3.05, 3.63) is 36.5 Å². The molecule has 0 aromatic heterocycles. The Balaban J connectivity index is 4.08. The van der Waals surface area contributed by atoms with Gasteiger partial charge in [-0.2, -0.15) is 0 Å². The van der Waals surface area contributed by atoms with Gasteiger partial charge in [-0.05, 0) is 76.7 Å². The summed E-state index contributed by atoms with van der Waals surface area (Å²) in [6.45, 7) is 4.49. The molecule has 4 nitrogen and oxygen atoms in total. The number of carboxylic acid groups (broad SMARTS) is 1. The number of carbonyl (C=O) groups excluding carboxylic acids is 1. The summed E-state index contributed by atoms with van der Waals surface area (Å²) in [7, 11) is 0. The summed E-state index contributed by atoms with van der Waals surface area (Å²) in [5.41, 5.74) is 0. The molecule has 0 radical (unpaired) electrons. The molecule has 0 aromatic rings. The number of hydrogen-bond donors (Lipinski definition) is 1. The predicted octanol–water partition coefficient (Wildman–Crippen LogP) is 11.8. The van der Waals surface area contributed by atoms with E-state index < -0.39 is 5.97 Å². The molecule has 1 unspecified atom stereocenters. The van der Waals surface area contributed by atoms with Crippen LogP contribution in [0.5, 0.6) is 0 Å². The minimum absolute atomic E-state index is 0.0767. The average Bonchev–Trinajstić information content (AvgIpc) is 2.95. The van der Waals surface area contributed by atoms with Gasteiger partial charge in [-0.1, -0.05) is 128 Å². The summed E-state index contributed by atoms with van der Waals surface area (Å²) >= 11 is 0. The Morgan fingerprint density at radius 1 is 0.561 bits per heavy atom. The lowest BCUT2D eigenvalue weighted by atomic mass is 10.1. The maximum absolute atomic E-state index is 12.5. The normalized spacial score (nSPS) is 12.6. The van der Waals surface area contributed by atoms with E-state index in [1.165, 1.54) is 89.9 Å². The van der Waals surface area contributed by atoms with E-state index in [9.17, 15) is 9.59 Å². The van der Waals surface area contributed by atoms with E-state index >= 15 is 0 Å². The molecule has 0 saturated heterocycles. The molecule has 41 heavy (non-hydrogen) atoms. The van der Waals surface area contributed by atoms with Crippen LogP contribution in [0.2, 0.25) is 0 Å². The molecular weight excluding hydrogens is 508 g/mol. The molecule has 0 fully saturated rings. The van der Waals surface area contributed by atoms with E-state index in [-0.39, 0.29) is 18.5 Å². The van der Waals surface area contributed by atoms with Crippen molar-refractivity contribution in [3.8, 4) is 0 Å². The molecule has 0 aromatic carbocycles. The Morgan fingerprint density at radius 3 is 1.63 bits per heavy atom. The smallest absolute Gasteiger partial charge is 0.306 e. The number of unbranched alkanes of at least 4 members (excludes halogenated alkanes) is 18. The highest BCUT2D eigenvalue weighted by Gasteiger charge is 2.11. The molecule has 0 aliphatic carbocycles. The van der Waals surface area contributed by atoms with Gasteiger partial charge >= 0.3 is 11.9 Å². The van der Waals surface area contributed by atoms with Crippen molar-refractivity contribution in [1.29, 1.82) is 0 Å². The van der Waals surface area contributed by atoms with Crippen LogP contribution in [0.25, 0.3) is 0 Å². The number of aliphatic carboxylic acids is 1. The van der Waals surface area contributed by atoms with Crippen LogP contribution in [0.1, 0.15) is 181 Å². The van der Waals surface area contributed by atoms with Crippen LogP contribution < -0.4 is 0 Å². The first-order valence-electron chi connectivity index (χ1n) is 17.5. The van der Waals surface area contributed by atoms with Crippen LogP contribution in [-0.2, 0) is 14.3 Å². The first-order chi connectivity index (χ1) is 20.1. The lowest BCUT2D eigenvalue weighted by molar-refractivity contribution is -0.147. The van der Waals surface area contributed by atoms with Crippen LogP contribution in [0, 0.1) is 0 Å². The Kier molecular flexibility index (Phi) is 31.2. The summed E-state index contributed by atoms with van der Waals surface area (Å²) in [6, 6.07) is 0. The second-order valence-electron chi connectivity index (χ2n) is 11.7. The average molecular weight is 575 g/mol. The quantitative estimate of drug-likeness (QED) is 0.0508. The van der Waals surface area contributed by atoms with Crippen molar-refractivity contribution < 1.29 is 19.4 Å². The Hall–Kier alpha value is -1.84. The number of ether oxygens (including phenoxy) is 1. The topological polar surface area (TPSA) is 63.6 Å². The molecule has 0 amide bonds. The van der Waals surface area contributed by atoms with E-state index in [0.717, 1.165) is 64.2 Å². The third-order valence-electron chi connectivity index (χ3n) is 7.57. The molecule has 0 aliphatic heterocycles. The van der Waals surface area contributed by atoms with Gasteiger partial charge in [0.2, 0.25) is 0 Å². The van der Waals surface area contributed by atoms with Crippen molar-refractivity contribution in [2.75, 3.05) is 0 Å². The van der Waals surface area contributed by atoms with Gasteiger partial charge in [0, 0.05) is 12.8 Å².